The second-order valence-corrected chi connectivity index (χ2v) is 7.01. The molecule has 3 aromatic rings. The van der Waals surface area contributed by atoms with Gasteiger partial charge in [0.25, 0.3) is 0 Å². The summed E-state index contributed by atoms with van der Waals surface area (Å²) in [5.41, 5.74) is 7.61. The van der Waals surface area contributed by atoms with Gasteiger partial charge >= 0.3 is 0 Å². The Kier molecular flexibility index (Phi) is 7.85. The SMILES string of the molecule is CCCc1ccc(-c2cccc3ccccc23)c(CCC)c1CCC.P. The van der Waals surface area contributed by atoms with E-state index in [1.165, 1.54) is 60.4 Å². The van der Waals surface area contributed by atoms with E-state index in [0.29, 0.717) is 0 Å². The third-order valence-electron chi connectivity index (χ3n) is 5.13. The highest BCUT2D eigenvalue weighted by atomic mass is 31.0. The Morgan fingerprint density at radius 3 is 1.96 bits per heavy atom. The Labute approximate surface area is 162 Å². The topological polar surface area (TPSA) is 0 Å². The number of rotatable bonds is 7. The van der Waals surface area contributed by atoms with E-state index in [4.69, 9.17) is 0 Å². The van der Waals surface area contributed by atoms with Gasteiger partial charge in [0.15, 0.2) is 0 Å². The maximum Gasteiger partial charge on any atom is -0.0103 e. The highest BCUT2D eigenvalue weighted by Gasteiger charge is 2.15. The fourth-order valence-corrected chi connectivity index (χ4v) is 4.05. The highest BCUT2D eigenvalue weighted by Crippen LogP contribution is 2.35. The van der Waals surface area contributed by atoms with E-state index in [1.54, 1.807) is 16.7 Å². The third-order valence-corrected chi connectivity index (χ3v) is 5.13. The van der Waals surface area contributed by atoms with Crippen LogP contribution >= 0.6 is 9.90 Å². The second kappa shape index (κ2) is 9.89. The summed E-state index contributed by atoms with van der Waals surface area (Å²) < 4.78 is 0. The van der Waals surface area contributed by atoms with E-state index in [2.05, 4.69) is 75.4 Å². The fourth-order valence-electron chi connectivity index (χ4n) is 4.05. The Hall–Kier alpha value is -1.65. The molecule has 0 amide bonds. The van der Waals surface area contributed by atoms with Gasteiger partial charge in [0.1, 0.15) is 0 Å². The van der Waals surface area contributed by atoms with Crippen LogP contribution in [0.5, 0.6) is 0 Å². The zero-order valence-electron chi connectivity index (χ0n) is 16.6. The number of fused-ring (bicyclic) bond motifs is 1. The molecule has 0 spiro atoms. The van der Waals surface area contributed by atoms with Gasteiger partial charge in [-0.25, -0.2) is 0 Å². The van der Waals surface area contributed by atoms with Crippen molar-refractivity contribution in [2.45, 2.75) is 59.3 Å². The molecule has 0 saturated carbocycles. The van der Waals surface area contributed by atoms with Crippen LogP contribution in [0.4, 0.5) is 0 Å². The van der Waals surface area contributed by atoms with Crippen molar-refractivity contribution in [3.8, 4) is 11.1 Å². The predicted octanol–water partition coefficient (Wildman–Crippen LogP) is 7.42. The first-order valence-electron chi connectivity index (χ1n) is 9.91. The summed E-state index contributed by atoms with van der Waals surface area (Å²) in [6.45, 7) is 6.89. The van der Waals surface area contributed by atoms with Gasteiger partial charge < -0.3 is 0 Å². The first-order chi connectivity index (χ1) is 12.3. The Morgan fingerprint density at radius 1 is 0.577 bits per heavy atom. The number of aryl methyl sites for hydroxylation is 1. The molecule has 0 aromatic heterocycles. The average molecular weight is 365 g/mol. The minimum Gasteiger partial charge on any atom is -0.153 e. The van der Waals surface area contributed by atoms with Gasteiger partial charge in [0.05, 0.1) is 0 Å². The lowest BCUT2D eigenvalue weighted by atomic mass is 9.85. The summed E-state index contributed by atoms with van der Waals surface area (Å²) in [7, 11) is 0. The quantitative estimate of drug-likeness (QED) is 0.383. The summed E-state index contributed by atoms with van der Waals surface area (Å²) in [6, 6.07) is 20.3. The van der Waals surface area contributed by atoms with E-state index in [-0.39, 0.29) is 9.90 Å². The lowest BCUT2D eigenvalue weighted by Crippen LogP contribution is -2.03. The van der Waals surface area contributed by atoms with Crippen molar-refractivity contribution in [1.29, 1.82) is 0 Å². The zero-order chi connectivity index (χ0) is 17.6. The van der Waals surface area contributed by atoms with E-state index >= 15 is 0 Å². The van der Waals surface area contributed by atoms with Crippen LogP contribution in [-0.2, 0) is 19.3 Å². The monoisotopic (exact) mass is 364 g/mol. The van der Waals surface area contributed by atoms with Crippen molar-refractivity contribution in [3.63, 3.8) is 0 Å². The molecule has 1 unspecified atom stereocenters. The molecule has 0 aliphatic rings. The Bertz CT molecular complexity index is 843. The van der Waals surface area contributed by atoms with Crippen LogP contribution < -0.4 is 0 Å². The largest absolute Gasteiger partial charge is 0.153 e. The maximum atomic E-state index is 2.39. The number of benzene rings is 3. The molecule has 138 valence electrons. The molecule has 3 rings (SSSR count). The highest BCUT2D eigenvalue weighted by molar-refractivity contribution is 6.92. The Balaban J connectivity index is 0.00000243. The van der Waals surface area contributed by atoms with Crippen LogP contribution in [0, 0.1) is 0 Å². The van der Waals surface area contributed by atoms with Crippen molar-refractivity contribution in [1.82, 2.24) is 0 Å². The van der Waals surface area contributed by atoms with Gasteiger partial charge in [-0.3, -0.25) is 0 Å². The smallest absolute Gasteiger partial charge is 0.0103 e. The van der Waals surface area contributed by atoms with E-state index < -0.39 is 0 Å². The van der Waals surface area contributed by atoms with Crippen molar-refractivity contribution in [3.05, 3.63) is 71.3 Å². The van der Waals surface area contributed by atoms with Gasteiger partial charge in [0, 0.05) is 0 Å². The molecule has 0 aliphatic carbocycles. The summed E-state index contributed by atoms with van der Waals surface area (Å²) >= 11 is 0. The normalized spacial score (nSPS) is 10.7. The Morgan fingerprint density at radius 2 is 1.23 bits per heavy atom. The maximum absolute atomic E-state index is 2.39. The predicted molar refractivity (Wildman–Crippen MR) is 122 cm³/mol. The molecule has 1 heteroatoms. The van der Waals surface area contributed by atoms with Gasteiger partial charge in [0.2, 0.25) is 0 Å². The summed E-state index contributed by atoms with van der Waals surface area (Å²) in [6.07, 6.45) is 7.20. The molecule has 0 N–H and O–H groups in total. The molecular formula is C25H33P. The van der Waals surface area contributed by atoms with Crippen molar-refractivity contribution in [2.75, 3.05) is 0 Å². The fraction of sp³-hybridized carbons (Fsp3) is 0.360. The number of hydrogen-bond donors (Lipinski definition) is 0. The average Bonchev–Trinajstić information content (AvgIpc) is 2.64. The molecule has 0 radical (unpaired) electrons. The van der Waals surface area contributed by atoms with E-state index in [1.807, 2.05) is 0 Å². The zero-order valence-corrected chi connectivity index (χ0v) is 18.1. The molecule has 0 fully saturated rings. The molecule has 0 heterocycles. The minimum absolute atomic E-state index is 0. The molecule has 26 heavy (non-hydrogen) atoms. The van der Waals surface area contributed by atoms with E-state index in [0.717, 1.165) is 0 Å². The lowest BCUT2D eigenvalue weighted by molar-refractivity contribution is 0.827. The standard InChI is InChI=1S/C25H30.H3P/c1-4-10-19-17-18-25(23(12-6-3)21(19)11-5-2)24-16-9-14-20-13-7-8-15-22(20)24;/h7-9,13-18H,4-6,10-12H2,1-3H3;1H3. The van der Waals surface area contributed by atoms with Crippen LogP contribution in [0.15, 0.2) is 54.6 Å². The molecule has 0 bridgehead atoms. The lowest BCUT2D eigenvalue weighted by Gasteiger charge is -2.20. The van der Waals surface area contributed by atoms with Gasteiger partial charge in [-0.05, 0) is 57.9 Å². The molecule has 3 aromatic carbocycles. The van der Waals surface area contributed by atoms with Crippen molar-refractivity contribution < 1.29 is 0 Å². The first-order valence-corrected chi connectivity index (χ1v) is 9.91. The second-order valence-electron chi connectivity index (χ2n) is 7.01. The van der Waals surface area contributed by atoms with E-state index in [9.17, 15) is 0 Å². The van der Waals surface area contributed by atoms with Crippen LogP contribution in [0.25, 0.3) is 21.9 Å². The van der Waals surface area contributed by atoms with Gasteiger partial charge in [-0.1, -0.05) is 94.6 Å². The minimum atomic E-state index is 0. The van der Waals surface area contributed by atoms with Crippen LogP contribution in [0.3, 0.4) is 0 Å². The molecule has 1 atom stereocenters. The van der Waals surface area contributed by atoms with Crippen molar-refractivity contribution in [2.24, 2.45) is 0 Å². The van der Waals surface area contributed by atoms with Crippen molar-refractivity contribution >= 4 is 20.7 Å². The summed E-state index contributed by atoms with van der Waals surface area (Å²) in [4.78, 5) is 0. The number of hydrogen-bond acceptors (Lipinski definition) is 0. The molecule has 0 saturated heterocycles. The van der Waals surface area contributed by atoms with Crippen LogP contribution in [0.2, 0.25) is 0 Å². The van der Waals surface area contributed by atoms with Gasteiger partial charge in [-0.15, -0.1) is 0 Å². The van der Waals surface area contributed by atoms with Crippen LogP contribution in [0.1, 0.15) is 56.7 Å². The van der Waals surface area contributed by atoms with Gasteiger partial charge in [-0.2, -0.15) is 9.90 Å². The first kappa shape index (κ1) is 20.7. The summed E-state index contributed by atoms with van der Waals surface area (Å²) in [5, 5.41) is 2.70. The molecular weight excluding hydrogens is 331 g/mol. The molecule has 0 aliphatic heterocycles. The summed E-state index contributed by atoms with van der Waals surface area (Å²) in [5.74, 6) is 0. The molecule has 0 nitrogen and oxygen atoms in total. The third kappa shape index (κ3) is 4.18. The van der Waals surface area contributed by atoms with Crippen LogP contribution in [-0.4, -0.2) is 0 Å².